The van der Waals surface area contributed by atoms with Gasteiger partial charge in [-0.1, -0.05) is 15.9 Å². The van der Waals surface area contributed by atoms with E-state index in [0.717, 1.165) is 6.07 Å². The van der Waals surface area contributed by atoms with Gasteiger partial charge in [-0.25, -0.2) is 0 Å². The molecule has 1 aromatic carbocycles. The Labute approximate surface area is 110 Å². The monoisotopic (exact) mass is 326 g/mol. The van der Waals surface area contributed by atoms with Gasteiger partial charge in [0.1, 0.15) is 5.75 Å². The van der Waals surface area contributed by atoms with E-state index in [1.165, 1.54) is 12.1 Å². The van der Waals surface area contributed by atoms with Crippen molar-refractivity contribution < 1.29 is 27.4 Å². The van der Waals surface area contributed by atoms with Gasteiger partial charge in [-0.05, 0) is 25.1 Å². The third-order valence-corrected chi connectivity index (χ3v) is 2.38. The largest absolute Gasteiger partial charge is 0.573 e. The molecule has 0 aromatic heterocycles. The first kappa shape index (κ1) is 14.8. The molecule has 100 valence electrons. The van der Waals surface area contributed by atoms with Crippen molar-refractivity contribution in [2.45, 2.75) is 19.7 Å². The highest BCUT2D eigenvalue weighted by Crippen LogP contribution is 2.29. The molecule has 0 aliphatic carbocycles. The lowest BCUT2D eigenvalue weighted by Crippen LogP contribution is -2.19. The first-order chi connectivity index (χ1) is 8.31. The Bertz CT molecular complexity index is 432. The average Bonchev–Trinajstić information content (AvgIpc) is 2.20. The third kappa shape index (κ3) is 4.95. The lowest BCUT2D eigenvalue weighted by atomic mass is 10.1. The van der Waals surface area contributed by atoms with Gasteiger partial charge >= 0.3 is 12.3 Å². The van der Waals surface area contributed by atoms with E-state index in [2.05, 4.69) is 25.4 Å². The van der Waals surface area contributed by atoms with Gasteiger partial charge in [-0.15, -0.1) is 13.2 Å². The molecule has 0 aliphatic heterocycles. The van der Waals surface area contributed by atoms with Crippen LogP contribution >= 0.6 is 15.9 Å². The summed E-state index contributed by atoms with van der Waals surface area (Å²) in [5.74, 6) is -1.01. The van der Waals surface area contributed by atoms with Gasteiger partial charge in [-0.2, -0.15) is 0 Å². The van der Waals surface area contributed by atoms with E-state index in [1.807, 2.05) is 0 Å². The summed E-state index contributed by atoms with van der Waals surface area (Å²) < 4.78 is 45.5. The van der Waals surface area contributed by atoms with Crippen LogP contribution in [0.3, 0.4) is 0 Å². The van der Waals surface area contributed by atoms with Crippen LogP contribution in [0.4, 0.5) is 13.2 Å². The minimum atomic E-state index is -4.79. The van der Waals surface area contributed by atoms with Crippen LogP contribution in [0.25, 0.3) is 0 Å². The highest BCUT2D eigenvalue weighted by atomic mass is 79.9. The lowest BCUT2D eigenvalue weighted by Gasteiger charge is -2.13. The Morgan fingerprint density at radius 3 is 2.61 bits per heavy atom. The van der Waals surface area contributed by atoms with Gasteiger partial charge in [0.05, 0.1) is 13.0 Å². The highest BCUT2D eigenvalue weighted by molar-refractivity contribution is 9.10. The van der Waals surface area contributed by atoms with Gasteiger partial charge in [0.2, 0.25) is 0 Å². The van der Waals surface area contributed by atoms with Crippen LogP contribution in [0.15, 0.2) is 22.7 Å². The van der Waals surface area contributed by atoms with Crippen LogP contribution in [0, 0.1) is 0 Å². The second-order valence-electron chi connectivity index (χ2n) is 3.28. The topological polar surface area (TPSA) is 35.5 Å². The zero-order valence-electron chi connectivity index (χ0n) is 9.38. The molecule has 0 aliphatic rings. The molecule has 18 heavy (non-hydrogen) atoms. The molecule has 7 heteroatoms. The normalized spacial score (nSPS) is 11.2. The van der Waals surface area contributed by atoms with Gasteiger partial charge in [0.15, 0.2) is 0 Å². The van der Waals surface area contributed by atoms with Crippen molar-refractivity contribution in [3.05, 3.63) is 28.2 Å². The summed E-state index contributed by atoms with van der Waals surface area (Å²) in [4.78, 5) is 11.3. The van der Waals surface area contributed by atoms with E-state index < -0.39 is 18.1 Å². The van der Waals surface area contributed by atoms with E-state index in [-0.39, 0.29) is 18.6 Å². The smallest absolute Gasteiger partial charge is 0.466 e. The number of benzene rings is 1. The second-order valence-corrected chi connectivity index (χ2v) is 4.20. The Morgan fingerprint density at radius 2 is 2.06 bits per heavy atom. The predicted octanol–water partition coefficient (Wildman–Crippen LogP) is 3.45. The number of carbonyl (C=O) groups is 1. The van der Waals surface area contributed by atoms with E-state index in [0.29, 0.717) is 4.47 Å². The number of ether oxygens (including phenoxy) is 2. The number of rotatable bonds is 4. The van der Waals surface area contributed by atoms with E-state index in [9.17, 15) is 18.0 Å². The molecule has 0 atom stereocenters. The second kappa shape index (κ2) is 6.08. The number of esters is 1. The van der Waals surface area contributed by atoms with Crippen molar-refractivity contribution in [2.24, 2.45) is 0 Å². The molecule has 0 fully saturated rings. The fourth-order valence-corrected chi connectivity index (χ4v) is 1.69. The van der Waals surface area contributed by atoms with Crippen LogP contribution in [0.1, 0.15) is 12.5 Å². The number of carbonyl (C=O) groups excluding carboxylic acids is 1. The van der Waals surface area contributed by atoms with Crippen molar-refractivity contribution >= 4 is 21.9 Å². The number of hydrogen-bond acceptors (Lipinski definition) is 3. The fraction of sp³-hybridized carbons (Fsp3) is 0.364. The van der Waals surface area contributed by atoms with E-state index >= 15 is 0 Å². The first-order valence-electron chi connectivity index (χ1n) is 5.01. The molecule has 0 saturated carbocycles. The summed E-state index contributed by atoms with van der Waals surface area (Å²) in [5, 5.41) is 0. The molecule has 0 spiro atoms. The SMILES string of the molecule is CCOC(=O)Cc1cc(Br)ccc1OC(F)(F)F. The van der Waals surface area contributed by atoms with Crippen LogP contribution < -0.4 is 4.74 Å². The molecular formula is C11H10BrF3O3. The number of hydrogen-bond donors (Lipinski definition) is 0. The van der Waals surface area contributed by atoms with Crippen LogP contribution in [0.5, 0.6) is 5.75 Å². The summed E-state index contributed by atoms with van der Waals surface area (Å²) in [7, 11) is 0. The van der Waals surface area contributed by atoms with Crippen molar-refractivity contribution in [3.8, 4) is 5.75 Å². The van der Waals surface area contributed by atoms with Crippen molar-refractivity contribution in [2.75, 3.05) is 6.61 Å². The molecule has 0 unspecified atom stereocenters. The minimum absolute atomic E-state index is 0.111. The van der Waals surface area contributed by atoms with Crippen LogP contribution in [-0.2, 0) is 16.0 Å². The van der Waals surface area contributed by atoms with Gasteiger partial charge in [0.25, 0.3) is 0 Å². The molecule has 1 aromatic rings. The van der Waals surface area contributed by atoms with Crippen LogP contribution in [0.2, 0.25) is 0 Å². The zero-order valence-corrected chi connectivity index (χ0v) is 11.0. The van der Waals surface area contributed by atoms with E-state index in [4.69, 9.17) is 0 Å². The third-order valence-electron chi connectivity index (χ3n) is 1.89. The molecular weight excluding hydrogens is 317 g/mol. The summed E-state index contributed by atoms with van der Waals surface area (Å²) in [6.07, 6.45) is -5.07. The molecule has 1 rings (SSSR count). The summed E-state index contributed by atoms with van der Waals surface area (Å²) in [5.41, 5.74) is 0.111. The quantitative estimate of drug-likeness (QED) is 0.795. The fourth-order valence-electron chi connectivity index (χ4n) is 1.28. The maximum absolute atomic E-state index is 12.2. The van der Waals surface area contributed by atoms with Gasteiger partial charge in [0, 0.05) is 10.0 Å². The maximum atomic E-state index is 12.2. The predicted molar refractivity (Wildman–Crippen MR) is 61.2 cm³/mol. The molecule has 0 bridgehead atoms. The number of halogens is 4. The molecule has 0 saturated heterocycles. The van der Waals surface area contributed by atoms with Crippen molar-refractivity contribution in [3.63, 3.8) is 0 Å². The molecule has 0 N–H and O–H groups in total. The lowest BCUT2D eigenvalue weighted by molar-refractivity contribution is -0.274. The Balaban J connectivity index is 2.93. The average molecular weight is 327 g/mol. The Kier molecular flexibility index (Phi) is 5.01. The molecule has 3 nitrogen and oxygen atoms in total. The highest BCUT2D eigenvalue weighted by Gasteiger charge is 2.32. The molecule has 0 amide bonds. The summed E-state index contributed by atoms with van der Waals surface area (Å²) >= 11 is 3.12. The van der Waals surface area contributed by atoms with Crippen molar-refractivity contribution in [1.82, 2.24) is 0 Å². The van der Waals surface area contributed by atoms with Crippen molar-refractivity contribution in [1.29, 1.82) is 0 Å². The standard InChI is InChI=1S/C11H10BrF3O3/c1-2-17-10(16)6-7-5-8(12)3-4-9(7)18-11(13,14)15/h3-5H,2,6H2,1H3. The summed E-state index contributed by atoms with van der Waals surface area (Å²) in [6, 6.07) is 3.93. The summed E-state index contributed by atoms with van der Waals surface area (Å²) in [6.45, 7) is 1.79. The maximum Gasteiger partial charge on any atom is 0.573 e. The zero-order chi connectivity index (χ0) is 13.8. The first-order valence-corrected chi connectivity index (χ1v) is 5.81. The Morgan fingerprint density at radius 1 is 1.39 bits per heavy atom. The van der Waals surface area contributed by atoms with E-state index in [1.54, 1.807) is 6.92 Å². The molecule has 0 radical (unpaired) electrons. The van der Waals surface area contributed by atoms with Gasteiger partial charge in [-0.3, -0.25) is 4.79 Å². The minimum Gasteiger partial charge on any atom is -0.466 e. The molecule has 0 heterocycles. The number of alkyl halides is 3. The van der Waals surface area contributed by atoms with Gasteiger partial charge < -0.3 is 9.47 Å². The Hall–Kier alpha value is -1.24. The van der Waals surface area contributed by atoms with Crippen LogP contribution in [-0.4, -0.2) is 18.9 Å².